The van der Waals surface area contributed by atoms with Crippen molar-refractivity contribution < 1.29 is 119 Å². The van der Waals surface area contributed by atoms with Gasteiger partial charge in [0.15, 0.2) is 0 Å². The van der Waals surface area contributed by atoms with Gasteiger partial charge in [-0.05, 0) is 6.42 Å². The monoisotopic (exact) mass is 1020 g/mol. The van der Waals surface area contributed by atoms with Gasteiger partial charge < -0.3 is 0 Å². The molecule has 0 saturated heterocycles. The predicted octanol–water partition coefficient (Wildman–Crippen LogP) is 15.5. The minimum Gasteiger partial charge on any atom is -0.200 e. The maximum Gasteiger partial charge on any atom is 0.460 e. The topological polar surface area (TPSA) is 0 Å². The molecule has 0 amide bonds. The van der Waals surface area contributed by atoms with Gasteiger partial charge in [-0.3, -0.25) is 0 Å². The van der Waals surface area contributed by atoms with Crippen molar-refractivity contribution >= 4 is 22.6 Å². The highest BCUT2D eigenvalue weighted by Crippen LogP contribution is 2.68. The van der Waals surface area contributed by atoms with Crippen LogP contribution in [-0.4, -0.2) is 81.2 Å². The summed E-state index contributed by atoms with van der Waals surface area (Å²) in [5.74, 6) is -109. The van der Waals surface area contributed by atoms with E-state index in [1.54, 1.807) is 0 Å². The van der Waals surface area contributed by atoms with Crippen LogP contribution in [0, 0.1) is 0 Å². The zero-order chi connectivity index (χ0) is 46.0. The number of alkyl halides is 28. The van der Waals surface area contributed by atoms with Gasteiger partial charge in [-0.15, -0.1) is 0 Å². The van der Waals surface area contributed by atoms with Gasteiger partial charge >= 0.3 is 77.2 Å². The maximum atomic E-state index is 14.3. The van der Waals surface area contributed by atoms with Gasteiger partial charge in [-0.25, -0.2) is 0 Å². The van der Waals surface area contributed by atoms with Gasteiger partial charge in [0.25, 0.3) is 0 Å². The van der Waals surface area contributed by atoms with Crippen molar-refractivity contribution in [1.29, 1.82) is 0 Å². The first kappa shape index (κ1) is 55.8. The molecule has 344 valence electrons. The lowest BCUT2D eigenvalue weighted by molar-refractivity contribution is -0.485. The molecule has 0 bridgehead atoms. The van der Waals surface area contributed by atoms with Gasteiger partial charge in [-0.1, -0.05) is 107 Å². The van der Waals surface area contributed by atoms with Crippen molar-refractivity contribution in [2.45, 2.75) is 178 Å². The number of unbranched alkanes of at least 4 members (excludes halogenated alkanes) is 11. The Balaban J connectivity index is 6.35. The summed E-state index contributed by atoms with van der Waals surface area (Å²) >= 11 is 0.834. The van der Waals surface area contributed by atoms with Crippen molar-refractivity contribution in [3.8, 4) is 0 Å². The molecule has 0 aliphatic carbocycles. The standard InChI is InChI=1S/C29H32F27I/c1-2-3-4-5-6-7-8-9-10-11-12-13-14-16(57)15-17(30,31)18(32,33)19(34,35)20(36,37)21(38,39)22(40,41)23(42,43)24(44,45)25(46,47)26(48,49)27(50,51)28(52,53)29(54,55)56/h16H,2-15H2,1H3. The molecule has 1 unspecified atom stereocenters. The molecule has 0 aromatic carbocycles. The molecular weight excluding hydrogens is 988 g/mol. The maximum absolute atomic E-state index is 14.3. The Morgan fingerprint density at radius 1 is 0.298 bits per heavy atom. The fourth-order valence-electron chi connectivity index (χ4n) is 4.90. The molecular formula is C29H32F27I. The third-order valence-electron chi connectivity index (χ3n) is 8.61. The van der Waals surface area contributed by atoms with Crippen LogP contribution >= 0.6 is 22.6 Å². The summed E-state index contributed by atoms with van der Waals surface area (Å²) in [6.45, 7) is 2.01. The molecule has 0 aliphatic heterocycles. The van der Waals surface area contributed by atoms with Crippen molar-refractivity contribution in [2.24, 2.45) is 0 Å². The molecule has 28 heteroatoms. The first-order chi connectivity index (χ1) is 25.0. The van der Waals surface area contributed by atoms with E-state index in [1.807, 2.05) is 6.92 Å². The Hall–Kier alpha value is -1.16. The van der Waals surface area contributed by atoms with E-state index in [0.717, 1.165) is 67.5 Å². The highest BCUT2D eigenvalue weighted by Gasteiger charge is 3.00. The quantitative estimate of drug-likeness (QED) is 0.0351. The van der Waals surface area contributed by atoms with E-state index in [4.69, 9.17) is 0 Å². The molecule has 0 spiro atoms. The molecule has 1 atom stereocenters. The van der Waals surface area contributed by atoms with Gasteiger partial charge in [0.05, 0.1) is 0 Å². The summed E-state index contributed by atoms with van der Waals surface area (Å²) in [7, 11) is 0. The molecule has 0 fully saturated rings. The molecule has 0 saturated carbocycles. The average molecular weight is 1020 g/mol. The van der Waals surface area contributed by atoms with Crippen LogP contribution in [0.4, 0.5) is 119 Å². The molecule has 57 heavy (non-hydrogen) atoms. The number of hydrogen-bond donors (Lipinski definition) is 0. The smallest absolute Gasteiger partial charge is 0.200 e. The van der Waals surface area contributed by atoms with Crippen LogP contribution < -0.4 is 0 Å². The molecule has 0 nitrogen and oxygen atoms in total. The highest BCUT2D eigenvalue weighted by molar-refractivity contribution is 14.1. The van der Waals surface area contributed by atoms with E-state index in [1.165, 1.54) is 0 Å². The molecule has 0 rings (SSSR count). The predicted molar refractivity (Wildman–Crippen MR) is 154 cm³/mol. The summed E-state index contributed by atoms with van der Waals surface area (Å²) in [5, 5.41) is 0. The number of halogens is 28. The lowest BCUT2D eigenvalue weighted by atomic mass is 9.83. The fraction of sp³-hybridized carbons (Fsp3) is 1.00. The zero-order valence-corrected chi connectivity index (χ0v) is 30.7. The van der Waals surface area contributed by atoms with Crippen LogP contribution in [0.5, 0.6) is 0 Å². The summed E-state index contributed by atoms with van der Waals surface area (Å²) in [6, 6.07) is 0. The van der Waals surface area contributed by atoms with Gasteiger partial charge in [0, 0.05) is 10.3 Å². The Morgan fingerprint density at radius 3 is 0.754 bits per heavy atom. The normalized spacial score (nSPS) is 16.4. The lowest BCUT2D eigenvalue weighted by Crippen LogP contribution is -2.78. The molecule has 0 N–H and O–H groups in total. The van der Waals surface area contributed by atoms with Crippen molar-refractivity contribution in [3.63, 3.8) is 0 Å². The van der Waals surface area contributed by atoms with E-state index in [0.29, 0.717) is 19.3 Å². The third kappa shape index (κ3) is 9.67. The summed E-state index contributed by atoms with van der Waals surface area (Å²) in [6.07, 6.45) is -3.11. The fourth-order valence-corrected chi connectivity index (χ4v) is 5.89. The largest absolute Gasteiger partial charge is 0.460 e. The van der Waals surface area contributed by atoms with Crippen molar-refractivity contribution in [1.82, 2.24) is 0 Å². The molecule has 0 heterocycles. The Bertz CT molecular complexity index is 1250. The van der Waals surface area contributed by atoms with Gasteiger partial charge in [-0.2, -0.15) is 119 Å². The minimum atomic E-state index is -9.75. The summed E-state index contributed by atoms with van der Waals surface area (Å²) in [4.78, 5) is 0. The van der Waals surface area contributed by atoms with E-state index < -0.39 is 94.0 Å². The molecule has 0 aromatic heterocycles. The summed E-state index contributed by atoms with van der Waals surface area (Å²) in [5.41, 5.74) is 0. The van der Waals surface area contributed by atoms with Gasteiger partial charge in [0.2, 0.25) is 0 Å². The third-order valence-corrected chi connectivity index (χ3v) is 9.67. The molecule has 0 radical (unpaired) electrons. The van der Waals surface area contributed by atoms with Crippen LogP contribution in [0.15, 0.2) is 0 Å². The van der Waals surface area contributed by atoms with Crippen molar-refractivity contribution in [2.75, 3.05) is 0 Å². The SMILES string of the molecule is CCCCCCCCCCCCCCC(I)CC(F)(F)C(F)(F)C(F)(F)C(F)(F)C(F)(F)C(F)(F)C(F)(F)C(F)(F)C(F)(F)C(F)(F)C(F)(F)C(F)(F)C(F)(F)F. The first-order valence-electron chi connectivity index (χ1n) is 16.2. The lowest BCUT2D eigenvalue weighted by Gasteiger charge is -2.46. The number of rotatable bonds is 26. The average Bonchev–Trinajstić information content (AvgIpc) is 3.03. The van der Waals surface area contributed by atoms with Crippen LogP contribution in [0.1, 0.15) is 96.8 Å². The minimum absolute atomic E-state index is 0.157. The number of hydrogen-bond acceptors (Lipinski definition) is 0. The van der Waals surface area contributed by atoms with Crippen molar-refractivity contribution in [3.05, 3.63) is 0 Å². The molecule has 0 aromatic rings. The Kier molecular flexibility index (Phi) is 17.7. The van der Waals surface area contributed by atoms with E-state index in [-0.39, 0.29) is 12.8 Å². The van der Waals surface area contributed by atoms with Gasteiger partial charge in [0.1, 0.15) is 0 Å². The van der Waals surface area contributed by atoms with Crippen LogP contribution in [-0.2, 0) is 0 Å². The van der Waals surface area contributed by atoms with Crippen LogP contribution in [0.2, 0.25) is 0 Å². The van der Waals surface area contributed by atoms with E-state index in [9.17, 15) is 119 Å². The summed E-state index contributed by atoms with van der Waals surface area (Å²) < 4.78 is 368. The Labute approximate surface area is 319 Å². The van der Waals surface area contributed by atoms with E-state index >= 15 is 0 Å². The Morgan fingerprint density at radius 2 is 0.509 bits per heavy atom. The first-order valence-corrected chi connectivity index (χ1v) is 17.4. The zero-order valence-electron chi connectivity index (χ0n) is 28.6. The second kappa shape index (κ2) is 18.1. The van der Waals surface area contributed by atoms with Crippen LogP contribution in [0.25, 0.3) is 0 Å². The second-order valence-corrected chi connectivity index (χ2v) is 14.8. The van der Waals surface area contributed by atoms with Crippen LogP contribution in [0.3, 0.4) is 0 Å². The second-order valence-electron chi connectivity index (χ2n) is 13.0. The molecule has 0 aliphatic rings. The highest BCUT2D eigenvalue weighted by atomic mass is 127. The van der Waals surface area contributed by atoms with E-state index in [2.05, 4.69) is 0 Å².